The molecule has 0 bridgehead atoms. The van der Waals surface area contributed by atoms with Gasteiger partial charge in [0.05, 0.1) is 0 Å². The zero-order valence-corrected chi connectivity index (χ0v) is 35.3. The summed E-state index contributed by atoms with van der Waals surface area (Å²) in [6.45, 7) is 4.85. The molecule has 11 aromatic carbocycles. The van der Waals surface area contributed by atoms with Crippen LogP contribution >= 0.6 is 0 Å². The van der Waals surface area contributed by atoms with E-state index in [2.05, 4.69) is 232 Å². The third-order valence-electron chi connectivity index (χ3n) is 14.2. The van der Waals surface area contributed by atoms with E-state index in [4.69, 9.17) is 0 Å². The van der Waals surface area contributed by atoms with Crippen LogP contribution in [0.4, 0.5) is 0 Å². The first-order valence-corrected chi connectivity index (χ1v) is 22.2. The first-order chi connectivity index (χ1) is 31.0. The minimum absolute atomic E-state index is 0.225. The maximum absolute atomic E-state index is 2.55. The molecule has 0 nitrogen and oxygen atoms in total. The molecule has 0 heterocycles. The Morgan fingerprint density at radius 1 is 0.238 bits per heavy atom. The van der Waals surface area contributed by atoms with Crippen molar-refractivity contribution in [2.24, 2.45) is 0 Å². The lowest BCUT2D eigenvalue weighted by Gasteiger charge is -2.24. The van der Waals surface area contributed by atoms with Gasteiger partial charge in [-0.3, -0.25) is 0 Å². The van der Waals surface area contributed by atoms with Crippen LogP contribution in [0.3, 0.4) is 0 Å². The summed E-state index contributed by atoms with van der Waals surface area (Å²) < 4.78 is 0. The molecule has 0 spiro atoms. The molecule has 0 saturated carbocycles. The Morgan fingerprint density at radius 3 is 1.25 bits per heavy atom. The van der Waals surface area contributed by atoms with Crippen molar-refractivity contribution >= 4 is 32.3 Å². The normalized spacial score (nSPS) is 13.0. The molecule has 0 aromatic heterocycles. The first kappa shape index (κ1) is 35.9. The van der Waals surface area contributed by atoms with Crippen molar-refractivity contribution in [3.05, 3.63) is 230 Å². The molecule has 0 amide bonds. The van der Waals surface area contributed by atoms with Crippen LogP contribution in [-0.2, 0) is 5.41 Å². The Hall–Kier alpha value is -7.80. The van der Waals surface area contributed by atoms with E-state index in [1.807, 2.05) is 0 Å². The Balaban J connectivity index is 1.03. The molecule has 294 valence electrons. The Kier molecular flexibility index (Phi) is 7.75. The second-order valence-corrected chi connectivity index (χ2v) is 17.9. The summed E-state index contributed by atoms with van der Waals surface area (Å²) in [6, 6.07) is 81.6. The van der Waals surface area contributed by atoms with E-state index in [9.17, 15) is 0 Å². The highest BCUT2D eigenvalue weighted by Crippen LogP contribution is 2.55. The van der Waals surface area contributed by atoms with Gasteiger partial charge in [0.15, 0.2) is 0 Å². The second kappa shape index (κ2) is 13.6. The molecule has 2 aliphatic carbocycles. The Morgan fingerprint density at radius 2 is 0.651 bits per heavy atom. The van der Waals surface area contributed by atoms with E-state index in [1.165, 1.54) is 132 Å². The molecular formula is C63H42. The number of benzene rings is 11. The van der Waals surface area contributed by atoms with Gasteiger partial charge >= 0.3 is 0 Å². The lowest BCUT2D eigenvalue weighted by atomic mass is 9.79. The van der Waals surface area contributed by atoms with E-state index in [1.54, 1.807) is 0 Å². The molecule has 0 aliphatic heterocycles. The van der Waals surface area contributed by atoms with Crippen molar-refractivity contribution in [1.82, 2.24) is 0 Å². The van der Waals surface area contributed by atoms with Crippen LogP contribution in [0.2, 0.25) is 0 Å². The first-order valence-electron chi connectivity index (χ1n) is 22.2. The summed E-state index contributed by atoms with van der Waals surface area (Å²) in [5.41, 5.74) is 23.0. The zero-order valence-electron chi connectivity index (χ0n) is 35.3. The van der Waals surface area contributed by atoms with E-state index < -0.39 is 0 Å². The number of rotatable bonds is 5. The van der Waals surface area contributed by atoms with Crippen LogP contribution in [0, 0.1) is 0 Å². The molecule has 0 unspecified atom stereocenters. The monoisotopic (exact) mass is 798 g/mol. The van der Waals surface area contributed by atoms with Gasteiger partial charge in [0.1, 0.15) is 0 Å². The van der Waals surface area contributed by atoms with E-state index >= 15 is 0 Å². The van der Waals surface area contributed by atoms with Crippen molar-refractivity contribution in [3.8, 4) is 89.0 Å². The standard InChI is InChI=1S/C63H42/c1-63(2)58-36-45(46-34-35-54-48-19-10-9-18-47(48)51-23-13-22-50(46)62(51)54)32-33-49(58)55-37-56-57(38-59(55)63)61(44-30-26-42(27-31-44)40-16-7-4-8-17-40)53-21-12-11-20-52(53)60(56)43-28-24-41(25-29-43)39-14-5-3-6-15-39/h3-38H,1-2H3. The van der Waals surface area contributed by atoms with Crippen LogP contribution in [0.25, 0.3) is 121 Å². The highest BCUT2D eigenvalue weighted by molar-refractivity contribution is 6.23. The highest BCUT2D eigenvalue weighted by atomic mass is 14.4. The van der Waals surface area contributed by atoms with Gasteiger partial charge in [0.25, 0.3) is 0 Å². The van der Waals surface area contributed by atoms with E-state index in [0.29, 0.717) is 0 Å². The average molecular weight is 799 g/mol. The summed E-state index contributed by atoms with van der Waals surface area (Å²) >= 11 is 0. The molecule has 0 heteroatoms. The van der Waals surface area contributed by atoms with Gasteiger partial charge in [-0.15, -0.1) is 0 Å². The third kappa shape index (κ3) is 5.35. The third-order valence-corrected chi connectivity index (χ3v) is 14.2. The summed E-state index contributed by atoms with van der Waals surface area (Å²) in [6.07, 6.45) is 0. The predicted octanol–water partition coefficient (Wildman–Crippen LogP) is 17.4. The lowest BCUT2D eigenvalue weighted by molar-refractivity contribution is 0.661. The maximum Gasteiger partial charge on any atom is 0.0159 e. The number of hydrogen-bond donors (Lipinski definition) is 0. The van der Waals surface area contributed by atoms with Crippen LogP contribution in [0.15, 0.2) is 218 Å². The fraction of sp³-hybridized carbons (Fsp3) is 0.0476. The van der Waals surface area contributed by atoms with Gasteiger partial charge in [-0.2, -0.15) is 0 Å². The van der Waals surface area contributed by atoms with Crippen LogP contribution < -0.4 is 0 Å². The SMILES string of the molecule is CC1(C)c2cc(-c3ccc4c5c(cccc35)-c3ccccc3-4)ccc2-c2cc3c(-c4ccc(-c5ccccc5)cc4)c4ccccc4c(-c4ccc(-c5ccccc5)cc4)c3cc21. The molecule has 0 saturated heterocycles. The topological polar surface area (TPSA) is 0 Å². The average Bonchev–Trinajstić information content (AvgIpc) is 3.78. The molecule has 2 aliphatic rings. The summed E-state index contributed by atoms with van der Waals surface area (Å²) in [7, 11) is 0. The largest absolute Gasteiger partial charge is 0.0622 e. The smallest absolute Gasteiger partial charge is 0.0159 e. The van der Waals surface area contributed by atoms with Crippen molar-refractivity contribution in [3.63, 3.8) is 0 Å². The fourth-order valence-corrected chi connectivity index (χ4v) is 11.2. The quantitative estimate of drug-likeness (QED) is 0.152. The van der Waals surface area contributed by atoms with Crippen molar-refractivity contribution in [2.45, 2.75) is 19.3 Å². The van der Waals surface area contributed by atoms with E-state index in [-0.39, 0.29) is 5.41 Å². The lowest BCUT2D eigenvalue weighted by Crippen LogP contribution is -2.15. The van der Waals surface area contributed by atoms with Crippen LogP contribution in [0.1, 0.15) is 25.0 Å². The molecule has 63 heavy (non-hydrogen) atoms. The number of fused-ring (bicyclic) bond motifs is 8. The zero-order chi connectivity index (χ0) is 41.8. The molecule has 11 aromatic rings. The predicted molar refractivity (Wildman–Crippen MR) is 268 cm³/mol. The number of hydrogen-bond acceptors (Lipinski definition) is 0. The minimum Gasteiger partial charge on any atom is -0.0622 e. The molecule has 0 N–H and O–H groups in total. The van der Waals surface area contributed by atoms with Gasteiger partial charge in [-0.05, 0) is 151 Å². The van der Waals surface area contributed by atoms with Crippen molar-refractivity contribution in [2.75, 3.05) is 0 Å². The van der Waals surface area contributed by atoms with E-state index in [0.717, 1.165) is 0 Å². The second-order valence-electron chi connectivity index (χ2n) is 17.9. The van der Waals surface area contributed by atoms with Crippen molar-refractivity contribution < 1.29 is 0 Å². The summed E-state index contributed by atoms with van der Waals surface area (Å²) in [5, 5.41) is 7.78. The van der Waals surface area contributed by atoms with Gasteiger partial charge in [0, 0.05) is 5.41 Å². The molecule has 0 atom stereocenters. The van der Waals surface area contributed by atoms with Gasteiger partial charge < -0.3 is 0 Å². The Bertz CT molecular complexity index is 3620. The maximum atomic E-state index is 2.55. The Labute approximate surface area is 368 Å². The van der Waals surface area contributed by atoms with Gasteiger partial charge in [0.2, 0.25) is 0 Å². The fourth-order valence-electron chi connectivity index (χ4n) is 11.2. The minimum atomic E-state index is -0.225. The van der Waals surface area contributed by atoms with Gasteiger partial charge in [-0.25, -0.2) is 0 Å². The highest BCUT2D eigenvalue weighted by Gasteiger charge is 2.37. The van der Waals surface area contributed by atoms with Gasteiger partial charge in [-0.1, -0.05) is 214 Å². The molecular weight excluding hydrogens is 757 g/mol. The molecule has 13 rings (SSSR count). The van der Waals surface area contributed by atoms with Crippen molar-refractivity contribution in [1.29, 1.82) is 0 Å². The summed E-state index contributed by atoms with van der Waals surface area (Å²) in [4.78, 5) is 0. The molecule has 0 radical (unpaired) electrons. The summed E-state index contributed by atoms with van der Waals surface area (Å²) in [5.74, 6) is 0. The van der Waals surface area contributed by atoms with Crippen LogP contribution in [-0.4, -0.2) is 0 Å². The van der Waals surface area contributed by atoms with Crippen LogP contribution in [0.5, 0.6) is 0 Å². The molecule has 0 fully saturated rings.